The Morgan fingerprint density at radius 3 is 2.74 bits per heavy atom. The molecule has 1 heterocycles. The highest BCUT2D eigenvalue weighted by atomic mass is 32.1. The molecule has 0 radical (unpaired) electrons. The molecule has 0 bridgehead atoms. The zero-order valence-corrected chi connectivity index (χ0v) is 16.1. The minimum atomic E-state index is -0.265. The van der Waals surface area contributed by atoms with Crippen molar-refractivity contribution in [2.45, 2.75) is 20.3 Å². The standard InChI is InChI=1S/C20H21N3O3S/c1-3-11-26-17-10-9-14(12-18(17)25-4-2)13-21-23-19(24)15-7-5-6-8-16(15)22-20(23)27/h5-10,12-13H,3-4,11H2,1-2H3,(H,22,27)/b21-13-. The van der Waals surface area contributed by atoms with E-state index < -0.39 is 0 Å². The highest BCUT2D eigenvalue weighted by Gasteiger charge is 2.07. The first-order valence-corrected chi connectivity index (χ1v) is 9.23. The van der Waals surface area contributed by atoms with Crippen LogP contribution in [0.2, 0.25) is 0 Å². The van der Waals surface area contributed by atoms with Gasteiger partial charge < -0.3 is 14.5 Å². The maximum atomic E-state index is 12.6. The van der Waals surface area contributed by atoms with E-state index in [1.807, 2.05) is 44.2 Å². The first-order valence-electron chi connectivity index (χ1n) is 8.82. The van der Waals surface area contributed by atoms with Crippen molar-refractivity contribution in [1.82, 2.24) is 9.66 Å². The summed E-state index contributed by atoms with van der Waals surface area (Å²) in [6.07, 6.45) is 2.49. The van der Waals surface area contributed by atoms with Crippen LogP contribution in [-0.4, -0.2) is 29.1 Å². The molecular weight excluding hydrogens is 362 g/mol. The van der Waals surface area contributed by atoms with Gasteiger partial charge in [0.05, 0.1) is 30.3 Å². The fraction of sp³-hybridized carbons (Fsp3) is 0.250. The zero-order chi connectivity index (χ0) is 19.2. The molecule has 7 heteroatoms. The molecule has 3 aromatic rings. The number of aromatic amines is 1. The number of fused-ring (bicyclic) bond motifs is 1. The van der Waals surface area contributed by atoms with Gasteiger partial charge in [0, 0.05) is 0 Å². The van der Waals surface area contributed by atoms with Gasteiger partial charge in [-0.15, -0.1) is 0 Å². The number of hydrogen-bond donors (Lipinski definition) is 1. The van der Waals surface area contributed by atoms with Crippen LogP contribution in [0.5, 0.6) is 11.5 Å². The molecule has 0 atom stereocenters. The number of rotatable bonds is 7. The molecular formula is C20H21N3O3S. The maximum absolute atomic E-state index is 12.6. The Morgan fingerprint density at radius 2 is 1.96 bits per heavy atom. The number of para-hydroxylation sites is 1. The molecule has 0 unspecified atom stereocenters. The lowest BCUT2D eigenvalue weighted by Crippen LogP contribution is -2.18. The number of aromatic nitrogens is 2. The number of ether oxygens (including phenoxy) is 2. The second-order valence-corrected chi connectivity index (χ2v) is 6.21. The number of benzene rings is 2. The van der Waals surface area contributed by atoms with Crippen molar-refractivity contribution in [1.29, 1.82) is 0 Å². The van der Waals surface area contributed by atoms with E-state index in [9.17, 15) is 4.79 Å². The molecule has 1 N–H and O–H groups in total. The molecule has 0 fully saturated rings. The van der Waals surface area contributed by atoms with Crippen molar-refractivity contribution in [3.63, 3.8) is 0 Å². The summed E-state index contributed by atoms with van der Waals surface area (Å²) in [5.41, 5.74) is 1.20. The molecule has 3 rings (SSSR count). The maximum Gasteiger partial charge on any atom is 0.282 e. The average molecular weight is 383 g/mol. The third kappa shape index (κ3) is 4.25. The molecule has 0 aliphatic heterocycles. The van der Waals surface area contributed by atoms with E-state index in [0.29, 0.717) is 35.6 Å². The Balaban J connectivity index is 1.96. The van der Waals surface area contributed by atoms with Crippen LogP contribution >= 0.6 is 12.2 Å². The third-order valence-electron chi connectivity index (χ3n) is 3.84. The van der Waals surface area contributed by atoms with Crippen molar-refractivity contribution in [3.8, 4) is 11.5 Å². The summed E-state index contributed by atoms with van der Waals surface area (Å²) in [5, 5.41) is 4.80. The van der Waals surface area contributed by atoms with E-state index in [1.165, 1.54) is 4.68 Å². The highest BCUT2D eigenvalue weighted by Crippen LogP contribution is 2.28. The van der Waals surface area contributed by atoms with E-state index in [0.717, 1.165) is 12.0 Å². The summed E-state index contributed by atoms with van der Waals surface area (Å²) >= 11 is 5.27. The van der Waals surface area contributed by atoms with Crippen molar-refractivity contribution in [2.75, 3.05) is 13.2 Å². The van der Waals surface area contributed by atoms with Crippen LogP contribution in [0, 0.1) is 4.77 Å². The molecule has 0 aliphatic rings. The van der Waals surface area contributed by atoms with Gasteiger partial charge >= 0.3 is 0 Å². The summed E-state index contributed by atoms with van der Waals surface area (Å²) in [6, 6.07) is 12.7. The Kier molecular flexibility index (Phi) is 6.03. The first-order chi connectivity index (χ1) is 13.1. The molecule has 1 aromatic heterocycles. The summed E-state index contributed by atoms with van der Waals surface area (Å²) in [5.74, 6) is 1.34. The number of nitrogens with zero attached hydrogens (tertiary/aromatic N) is 2. The summed E-state index contributed by atoms with van der Waals surface area (Å²) in [6.45, 7) is 5.11. The predicted molar refractivity (Wildman–Crippen MR) is 110 cm³/mol. The van der Waals surface area contributed by atoms with E-state index >= 15 is 0 Å². The predicted octanol–water partition coefficient (Wildman–Crippen LogP) is 4.13. The second-order valence-electron chi connectivity index (χ2n) is 5.82. The molecule has 2 aromatic carbocycles. The van der Waals surface area contributed by atoms with E-state index in [1.54, 1.807) is 18.3 Å². The molecule has 0 aliphatic carbocycles. The Hall–Kier alpha value is -2.93. The zero-order valence-electron chi connectivity index (χ0n) is 15.3. The van der Waals surface area contributed by atoms with Gasteiger partial charge in [-0.2, -0.15) is 9.78 Å². The van der Waals surface area contributed by atoms with Crippen LogP contribution in [0.25, 0.3) is 10.9 Å². The van der Waals surface area contributed by atoms with Gasteiger partial charge in [0.15, 0.2) is 11.5 Å². The molecule has 0 amide bonds. The van der Waals surface area contributed by atoms with Crippen LogP contribution in [0.1, 0.15) is 25.8 Å². The fourth-order valence-electron chi connectivity index (χ4n) is 2.59. The van der Waals surface area contributed by atoms with E-state index in [-0.39, 0.29) is 10.3 Å². The smallest absolute Gasteiger partial charge is 0.282 e. The molecule has 0 spiro atoms. The minimum Gasteiger partial charge on any atom is -0.490 e. The lowest BCUT2D eigenvalue weighted by atomic mass is 10.2. The Labute approximate surface area is 162 Å². The Bertz CT molecular complexity index is 1090. The summed E-state index contributed by atoms with van der Waals surface area (Å²) < 4.78 is 12.8. The van der Waals surface area contributed by atoms with Gasteiger partial charge in [-0.05, 0) is 61.5 Å². The van der Waals surface area contributed by atoms with Crippen LogP contribution in [0.15, 0.2) is 52.4 Å². The van der Waals surface area contributed by atoms with Crippen LogP contribution in [0.3, 0.4) is 0 Å². The minimum absolute atomic E-state index is 0.239. The number of H-pyrrole nitrogens is 1. The largest absolute Gasteiger partial charge is 0.490 e. The van der Waals surface area contributed by atoms with Crippen molar-refractivity contribution in [2.24, 2.45) is 5.10 Å². The normalized spacial score (nSPS) is 11.2. The molecule has 140 valence electrons. The molecule has 27 heavy (non-hydrogen) atoms. The SMILES string of the molecule is CCCOc1ccc(/C=N\n2c(=S)[nH]c3ccccc3c2=O)cc1OCC. The van der Waals surface area contributed by atoms with Gasteiger partial charge in [0.1, 0.15) is 0 Å². The summed E-state index contributed by atoms with van der Waals surface area (Å²) in [7, 11) is 0. The third-order valence-corrected chi connectivity index (χ3v) is 4.11. The van der Waals surface area contributed by atoms with Crippen LogP contribution < -0.4 is 15.0 Å². The van der Waals surface area contributed by atoms with Crippen LogP contribution in [-0.2, 0) is 0 Å². The average Bonchev–Trinajstić information content (AvgIpc) is 2.67. The van der Waals surface area contributed by atoms with E-state index in [4.69, 9.17) is 21.7 Å². The topological polar surface area (TPSA) is 68.6 Å². The fourth-order valence-corrected chi connectivity index (χ4v) is 2.83. The Morgan fingerprint density at radius 1 is 1.15 bits per heavy atom. The lowest BCUT2D eigenvalue weighted by molar-refractivity contribution is 0.277. The molecule has 6 nitrogen and oxygen atoms in total. The van der Waals surface area contributed by atoms with Gasteiger partial charge in [0.25, 0.3) is 5.56 Å². The van der Waals surface area contributed by atoms with Crippen molar-refractivity contribution >= 4 is 29.3 Å². The first kappa shape index (κ1) is 18.8. The van der Waals surface area contributed by atoms with Crippen molar-refractivity contribution < 1.29 is 9.47 Å². The second kappa shape index (κ2) is 8.64. The van der Waals surface area contributed by atoms with Gasteiger partial charge in [-0.3, -0.25) is 4.79 Å². The van der Waals surface area contributed by atoms with Gasteiger partial charge in [-0.25, -0.2) is 0 Å². The highest BCUT2D eigenvalue weighted by molar-refractivity contribution is 7.71. The quantitative estimate of drug-likeness (QED) is 0.492. The van der Waals surface area contributed by atoms with E-state index in [2.05, 4.69) is 10.1 Å². The van der Waals surface area contributed by atoms with Crippen LogP contribution in [0.4, 0.5) is 0 Å². The van der Waals surface area contributed by atoms with Gasteiger partial charge in [-0.1, -0.05) is 19.1 Å². The van der Waals surface area contributed by atoms with Crippen molar-refractivity contribution in [3.05, 3.63) is 63.2 Å². The molecule has 0 saturated carbocycles. The number of hydrogen-bond acceptors (Lipinski definition) is 5. The number of nitrogens with one attached hydrogen (secondary N) is 1. The monoisotopic (exact) mass is 383 g/mol. The summed E-state index contributed by atoms with van der Waals surface area (Å²) in [4.78, 5) is 15.6. The molecule has 0 saturated heterocycles. The lowest BCUT2D eigenvalue weighted by Gasteiger charge is -2.11. The van der Waals surface area contributed by atoms with Gasteiger partial charge in [0.2, 0.25) is 4.77 Å².